The Morgan fingerprint density at radius 1 is 1.10 bits per heavy atom. The van der Waals surface area contributed by atoms with Crippen LogP contribution >= 0.6 is 11.6 Å². The van der Waals surface area contributed by atoms with Crippen molar-refractivity contribution < 1.29 is 9.26 Å². The van der Waals surface area contributed by atoms with Crippen LogP contribution in [-0.4, -0.2) is 26.8 Å². The molecule has 1 atom stereocenters. The van der Waals surface area contributed by atoms with Crippen molar-refractivity contribution >= 4 is 33.5 Å². The van der Waals surface area contributed by atoms with Crippen LogP contribution in [0.15, 0.2) is 53.2 Å². The van der Waals surface area contributed by atoms with Crippen molar-refractivity contribution in [3.8, 4) is 16.9 Å². The lowest BCUT2D eigenvalue weighted by molar-refractivity contribution is 0.393. The van der Waals surface area contributed by atoms with Crippen LogP contribution < -0.4 is 4.74 Å². The Labute approximate surface area is 184 Å². The number of benzene rings is 2. The molecule has 0 bridgehead atoms. The minimum atomic E-state index is -0.00228. The molecule has 3 aromatic heterocycles. The van der Waals surface area contributed by atoms with E-state index in [1.807, 2.05) is 48.7 Å². The molecule has 0 aliphatic carbocycles. The van der Waals surface area contributed by atoms with Gasteiger partial charge in [-0.15, -0.1) is 0 Å². The third kappa shape index (κ3) is 3.06. The first-order chi connectivity index (χ1) is 15.0. The van der Waals surface area contributed by atoms with Gasteiger partial charge in [-0.1, -0.05) is 35.5 Å². The van der Waals surface area contributed by atoms with E-state index in [9.17, 15) is 0 Å². The largest absolute Gasteiger partial charge is 0.496 e. The van der Waals surface area contributed by atoms with Crippen LogP contribution in [-0.2, 0) is 0 Å². The van der Waals surface area contributed by atoms with Crippen molar-refractivity contribution in [2.24, 2.45) is 0 Å². The monoisotopic (exact) mass is 432 g/mol. The quantitative estimate of drug-likeness (QED) is 0.342. The van der Waals surface area contributed by atoms with E-state index in [2.05, 4.69) is 34.2 Å². The lowest BCUT2D eigenvalue weighted by atomic mass is 10.00. The number of aromatic nitrogens is 4. The van der Waals surface area contributed by atoms with Gasteiger partial charge in [-0.05, 0) is 50.1 Å². The minimum absolute atomic E-state index is 0.00228. The fourth-order valence-corrected chi connectivity index (χ4v) is 4.56. The van der Waals surface area contributed by atoms with E-state index in [4.69, 9.17) is 20.9 Å². The Morgan fingerprint density at radius 2 is 1.87 bits per heavy atom. The zero-order chi connectivity index (χ0) is 21.7. The van der Waals surface area contributed by atoms with Crippen LogP contribution in [0.5, 0.6) is 5.75 Å². The standard InChI is InChI=1S/C24H21ClN4O2/c1-13-22(15(3)31-28-13)18-10-19-17(11-21(18)30-4)23-20(12-26-19)27-24(25)29(23)14(2)16-8-6-5-7-9-16/h5-12,14H,1-4H3. The van der Waals surface area contributed by atoms with Gasteiger partial charge in [0.25, 0.3) is 0 Å². The summed E-state index contributed by atoms with van der Waals surface area (Å²) in [4.78, 5) is 9.23. The van der Waals surface area contributed by atoms with Gasteiger partial charge >= 0.3 is 0 Å². The smallest absolute Gasteiger partial charge is 0.204 e. The summed E-state index contributed by atoms with van der Waals surface area (Å²) in [6, 6.07) is 14.2. The Balaban J connectivity index is 1.81. The summed E-state index contributed by atoms with van der Waals surface area (Å²) in [5, 5.41) is 5.44. The Hall–Kier alpha value is -3.38. The number of aryl methyl sites for hydroxylation is 2. The van der Waals surface area contributed by atoms with E-state index in [1.54, 1.807) is 13.3 Å². The Morgan fingerprint density at radius 3 is 2.55 bits per heavy atom. The second kappa shape index (κ2) is 7.39. The summed E-state index contributed by atoms with van der Waals surface area (Å²) in [6.07, 6.45) is 1.77. The number of hydrogen-bond donors (Lipinski definition) is 0. The van der Waals surface area contributed by atoms with Crippen molar-refractivity contribution in [1.29, 1.82) is 0 Å². The summed E-state index contributed by atoms with van der Waals surface area (Å²) in [6.45, 7) is 5.93. The van der Waals surface area contributed by atoms with Gasteiger partial charge in [-0.2, -0.15) is 0 Å². The molecular weight excluding hydrogens is 412 g/mol. The highest BCUT2D eigenvalue weighted by atomic mass is 35.5. The fraction of sp³-hybridized carbons (Fsp3) is 0.208. The van der Waals surface area contributed by atoms with E-state index in [-0.39, 0.29) is 6.04 Å². The summed E-state index contributed by atoms with van der Waals surface area (Å²) < 4.78 is 13.2. The van der Waals surface area contributed by atoms with E-state index in [1.165, 1.54) is 0 Å². The average Bonchev–Trinajstić information content (AvgIpc) is 3.30. The van der Waals surface area contributed by atoms with Crippen LogP contribution in [0.3, 0.4) is 0 Å². The van der Waals surface area contributed by atoms with Gasteiger partial charge in [0.15, 0.2) is 0 Å². The van der Waals surface area contributed by atoms with Crippen LogP contribution in [0.2, 0.25) is 5.28 Å². The van der Waals surface area contributed by atoms with Crippen LogP contribution in [0.4, 0.5) is 0 Å². The molecule has 0 radical (unpaired) electrons. The second-order valence-electron chi connectivity index (χ2n) is 7.60. The topological polar surface area (TPSA) is 66.0 Å². The van der Waals surface area contributed by atoms with Gasteiger partial charge in [0.1, 0.15) is 17.0 Å². The molecule has 0 N–H and O–H groups in total. The summed E-state index contributed by atoms with van der Waals surface area (Å²) in [7, 11) is 1.66. The highest BCUT2D eigenvalue weighted by Gasteiger charge is 2.22. The normalized spacial score (nSPS) is 12.5. The molecule has 0 fully saturated rings. The molecule has 3 heterocycles. The van der Waals surface area contributed by atoms with E-state index in [0.29, 0.717) is 11.0 Å². The van der Waals surface area contributed by atoms with E-state index < -0.39 is 0 Å². The Kier molecular flexibility index (Phi) is 4.67. The summed E-state index contributed by atoms with van der Waals surface area (Å²) in [5.74, 6) is 1.45. The zero-order valence-electron chi connectivity index (χ0n) is 17.7. The first-order valence-electron chi connectivity index (χ1n) is 10.0. The second-order valence-corrected chi connectivity index (χ2v) is 7.94. The molecule has 0 spiro atoms. The molecule has 5 rings (SSSR count). The maximum Gasteiger partial charge on any atom is 0.204 e. The zero-order valence-corrected chi connectivity index (χ0v) is 18.4. The van der Waals surface area contributed by atoms with Gasteiger partial charge in [-0.25, -0.2) is 4.98 Å². The molecular formula is C24H21ClN4O2. The summed E-state index contributed by atoms with van der Waals surface area (Å²) >= 11 is 6.61. The van der Waals surface area contributed by atoms with Gasteiger partial charge in [-0.3, -0.25) is 4.98 Å². The molecule has 1 unspecified atom stereocenters. The van der Waals surface area contributed by atoms with Crippen LogP contribution in [0.25, 0.3) is 33.1 Å². The molecule has 156 valence electrons. The number of nitrogens with zero attached hydrogens (tertiary/aromatic N) is 4. The number of ether oxygens (including phenoxy) is 1. The number of imidazole rings is 1. The molecule has 6 nitrogen and oxygen atoms in total. The lowest BCUT2D eigenvalue weighted by Crippen LogP contribution is -2.07. The average molecular weight is 433 g/mol. The van der Waals surface area contributed by atoms with Gasteiger partial charge < -0.3 is 13.8 Å². The highest BCUT2D eigenvalue weighted by Crippen LogP contribution is 2.40. The SMILES string of the molecule is COc1cc2c(cc1-c1c(C)noc1C)ncc1nc(Cl)n(C(C)c3ccccc3)c12. The van der Waals surface area contributed by atoms with Crippen molar-refractivity contribution in [1.82, 2.24) is 19.7 Å². The third-order valence-electron chi connectivity index (χ3n) is 5.77. The fourth-order valence-electron chi connectivity index (χ4n) is 4.24. The molecule has 2 aromatic carbocycles. The molecule has 0 saturated carbocycles. The van der Waals surface area contributed by atoms with Gasteiger partial charge in [0, 0.05) is 10.9 Å². The van der Waals surface area contributed by atoms with Gasteiger partial charge in [0.2, 0.25) is 5.28 Å². The minimum Gasteiger partial charge on any atom is -0.496 e. The predicted molar refractivity (Wildman–Crippen MR) is 122 cm³/mol. The van der Waals surface area contributed by atoms with E-state index >= 15 is 0 Å². The molecule has 0 saturated heterocycles. The van der Waals surface area contributed by atoms with Gasteiger partial charge in [0.05, 0.1) is 41.6 Å². The van der Waals surface area contributed by atoms with Crippen molar-refractivity contribution in [2.45, 2.75) is 26.8 Å². The first kappa shape index (κ1) is 19.6. The molecule has 31 heavy (non-hydrogen) atoms. The summed E-state index contributed by atoms with van der Waals surface area (Å²) in [5.41, 5.74) is 6.26. The number of halogens is 1. The van der Waals surface area contributed by atoms with Crippen molar-refractivity contribution in [2.75, 3.05) is 7.11 Å². The lowest BCUT2D eigenvalue weighted by Gasteiger charge is -2.17. The predicted octanol–water partition coefficient (Wildman–Crippen LogP) is 6.13. The number of fused-ring (bicyclic) bond motifs is 3. The maximum absolute atomic E-state index is 6.61. The van der Waals surface area contributed by atoms with Crippen molar-refractivity contribution in [3.63, 3.8) is 0 Å². The van der Waals surface area contributed by atoms with Crippen LogP contribution in [0.1, 0.15) is 30.0 Å². The molecule has 5 aromatic rings. The third-order valence-corrected chi connectivity index (χ3v) is 6.03. The van der Waals surface area contributed by atoms with Crippen LogP contribution in [0, 0.1) is 13.8 Å². The molecule has 0 amide bonds. The first-order valence-corrected chi connectivity index (χ1v) is 10.4. The molecule has 0 aliphatic rings. The molecule has 7 heteroatoms. The maximum atomic E-state index is 6.61. The number of pyridine rings is 1. The van der Waals surface area contributed by atoms with E-state index in [0.717, 1.165) is 50.1 Å². The highest BCUT2D eigenvalue weighted by molar-refractivity contribution is 6.29. The number of hydrogen-bond acceptors (Lipinski definition) is 5. The number of methoxy groups -OCH3 is 1. The molecule has 0 aliphatic heterocycles. The van der Waals surface area contributed by atoms with Crippen molar-refractivity contribution in [3.05, 3.63) is 71.0 Å². The number of rotatable bonds is 4. The Bertz CT molecular complexity index is 1400.